The molecule has 0 saturated heterocycles. The summed E-state index contributed by atoms with van der Waals surface area (Å²) in [5, 5.41) is 0. The van der Waals surface area contributed by atoms with Gasteiger partial charge in [0.25, 0.3) is 0 Å². The van der Waals surface area contributed by atoms with Gasteiger partial charge in [0.1, 0.15) is 0 Å². The summed E-state index contributed by atoms with van der Waals surface area (Å²) in [6.45, 7) is 0. The van der Waals surface area contributed by atoms with Crippen molar-refractivity contribution in [2.24, 2.45) is 29.4 Å². The Morgan fingerprint density at radius 3 is 2.50 bits per heavy atom. The van der Waals surface area contributed by atoms with E-state index in [0.29, 0.717) is 5.92 Å². The van der Waals surface area contributed by atoms with Gasteiger partial charge in [-0.1, -0.05) is 70.9 Å². The van der Waals surface area contributed by atoms with E-state index in [4.69, 9.17) is 5.73 Å². The molecule has 0 bridgehead atoms. The molecule has 0 aromatic heterocycles. The maximum atomic E-state index is 5.46. The maximum Gasteiger partial charge on any atom is 0.00863 e. The molecule has 2 atom stereocenters. The summed E-state index contributed by atoms with van der Waals surface area (Å²) in [5.74, 6) is 3.09. The summed E-state index contributed by atoms with van der Waals surface area (Å²) < 4.78 is 0. The summed E-state index contributed by atoms with van der Waals surface area (Å²) in [5.41, 5.74) is 14.2. The summed E-state index contributed by atoms with van der Waals surface area (Å²) in [4.78, 5) is 0. The van der Waals surface area contributed by atoms with Crippen molar-refractivity contribution in [3.05, 3.63) is 82.7 Å². The van der Waals surface area contributed by atoms with Crippen molar-refractivity contribution in [1.29, 1.82) is 0 Å². The summed E-state index contributed by atoms with van der Waals surface area (Å²) in [6, 6.07) is 0. The minimum atomic E-state index is 0.653. The van der Waals surface area contributed by atoms with Crippen LogP contribution in [-0.2, 0) is 0 Å². The van der Waals surface area contributed by atoms with Crippen LogP contribution in [0.3, 0.4) is 0 Å². The molecule has 0 aromatic carbocycles. The summed E-state index contributed by atoms with van der Waals surface area (Å²) >= 11 is 0. The van der Waals surface area contributed by atoms with E-state index < -0.39 is 0 Å². The number of allylic oxidation sites excluding steroid dienone is 13. The van der Waals surface area contributed by atoms with Gasteiger partial charge >= 0.3 is 0 Å². The van der Waals surface area contributed by atoms with Gasteiger partial charge in [-0.3, -0.25) is 0 Å². The van der Waals surface area contributed by atoms with Gasteiger partial charge in [-0.25, -0.2) is 0 Å². The third kappa shape index (κ3) is 5.45. The SMILES string of the molecule is N/C=C\CCCC1=CC=C(C2CCC(C3=C4C=CC=CC4C(C4=CCCCC4)CC3)CC2)CC1. The van der Waals surface area contributed by atoms with Crippen molar-refractivity contribution in [1.82, 2.24) is 0 Å². The van der Waals surface area contributed by atoms with Gasteiger partial charge < -0.3 is 5.73 Å². The van der Waals surface area contributed by atoms with E-state index in [9.17, 15) is 0 Å². The van der Waals surface area contributed by atoms with E-state index in [1.165, 1.54) is 89.9 Å². The third-order valence-corrected chi connectivity index (χ3v) is 9.41. The zero-order valence-corrected chi connectivity index (χ0v) is 21.2. The first-order valence-electron chi connectivity index (χ1n) is 14.4. The Kier molecular flexibility index (Phi) is 8.09. The van der Waals surface area contributed by atoms with Gasteiger partial charge in [-0.05, 0) is 126 Å². The molecule has 2 N–H and O–H groups in total. The Hall–Kier alpha value is -2.02. The lowest BCUT2D eigenvalue weighted by molar-refractivity contribution is 0.305. The quantitative estimate of drug-likeness (QED) is 0.301. The van der Waals surface area contributed by atoms with Crippen LogP contribution in [0.4, 0.5) is 0 Å². The normalized spacial score (nSPS) is 31.8. The number of hydrogen-bond donors (Lipinski definition) is 1. The highest BCUT2D eigenvalue weighted by molar-refractivity contribution is 5.42. The van der Waals surface area contributed by atoms with E-state index in [-0.39, 0.29) is 0 Å². The lowest BCUT2D eigenvalue weighted by Gasteiger charge is -2.41. The smallest absolute Gasteiger partial charge is 0.00863 e. The molecule has 1 heteroatoms. The van der Waals surface area contributed by atoms with E-state index in [2.05, 4.69) is 48.6 Å². The number of hydrogen-bond acceptors (Lipinski definition) is 1. The van der Waals surface area contributed by atoms with Crippen LogP contribution in [0.1, 0.15) is 96.3 Å². The molecule has 5 aliphatic carbocycles. The average Bonchev–Trinajstić information content (AvgIpc) is 2.91. The van der Waals surface area contributed by atoms with Gasteiger partial charge in [-0.15, -0.1) is 0 Å². The highest BCUT2D eigenvalue weighted by atomic mass is 14.5. The first kappa shape index (κ1) is 23.7. The number of unbranched alkanes of at least 4 members (excludes halogenated alkanes) is 1. The molecule has 34 heavy (non-hydrogen) atoms. The van der Waals surface area contributed by atoms with Gasteiger partial charge in [0.2, 0.25) is 0 Å². The molecule has 5 aliphatic rings. The topological polar surface area (TPSA) is 26.0 Å². The van der Waals surface area contributed by atoms with Crippen molar-refractivity contribution in [2.45, 2.75) is 96.3 Å². The molecule has 1 saturated carbocycles. The Morgan fingerprint density at radius 1 is 0.853 bits per heavy atom. The zero-order valence-electron chi connectivity index (χ0n) is 21.2. The van der Waals surface area contributed by atoms with Crippen LogP contribution >= 0.6 is 0 Å². The van der Waals surface area contributed by atoms with Crippen LogP contribution in [0.15, 0.2) is 82.7 Å². The van der Waals surface area contributed by atoms with E-state index in [1.54, 1.807) is 28.5 Å². The molecule has 0 heterocycles. The minimum absolute atomic E-state index is 0.653. The average molecular weight is 456 g/mol. The van der Waals surface area contributed by atoms with Gasteiger partial charge in [0.05, 0.1) is 0 Å². The van der Waals surface area contributed by atoms with Crippen LogP contribution in [0, 0.1) is 23.7 Å². The van der Waals surface area contributed by atoms with Crippen LogP contribution in [-0.4, -0.2) is 0 Å². The Labute approximate surface area is 208 Å². The molecule has 2 unspecified atom stereocenters. The van der Waals surface area contributed by atoms with Crippen molar-refractivity contribution in [3.63, 3.8) is 0 Å². The monoisotopic (exact) mass is 455 g/mol. The molecular formula is C33H45N. The number of fused-ring (bicyclic) bond motifs is 1. The fraction of sp³-hybridized carbons (Fsp3) is 0.576. The Bertz CT molecular complexity index is 926. The van der Waals surface area contributed by atoms with Crippen LogP contribution in [0.25, 0.3) is 0 Å². The van der Waals surface area contributed by atoms with Crippen LogP contribution in [0.2, 0.25) is 0 Å². The molecule has 0 radical (unpaired) electrons. The van der Waals surface area contributed by atoms with Gasteiger partial charge in [0.15, 0.2) is 0 Å². The van der Waals surface area contributed by atoms with Crippen molar-refractivity contribution in [2.75, 3.05) is 0 Å². The fourth-order valence-electron chi connectivity index (χ4n) is 7.52. The second kappa shape index (κ2) is 11.6. The summed E-state index contributed by atoms with van der Waals surface area (Å²) in [6.07, 6.45) is 40.9. The van der Waals surface area contributed by atoms with Crippen molar-refractivity contribution < 1.29 is 0 Å². The molecule has 0 aromatic rings. The predicted molar refractivity (Wildman–Crippen MR) is 146 cm³/mol. The first-order chi connectivity index (χ1) is 16.8. The summed E-state index contributed by atoms with van der Waals surface area (Å²) in [7, 11) is 0. The van der Waals surface area contributed by atoms with Crippen LogP contribution in [0.5, 0.6) is 0 Å². The molecule has 0 aliphatic heterocycles. The molecule has 0 amide bonds. The molecule has 5 rings (SSSR count). The largest absolute Gasteiger partial charge is 0.405 e. The molecule has 1 fully saturated rings. The van der Waals surface area contributed by atoms with E-state index >= 15 is 0 Å². The zero-order chi connectivity index (χ0) is 23.2. The van der Waals surface area contributed by atoms with Crippen molar-refractivity contribution in [3.8, 4) is 0 Å². The Morgan fingerprint density at radius 2 is 1.74 bits per heavy atom. The van der Waals surface area contributed by atoms with Crippen molar-refractivity contribution >= 4 is 0 Å². The lowest BCUT2D eigenvalue weighted by Crippen LogP contribution is -2.28. The van der Waals surface area contributed by atoms with Crippen LogP contribution < -0.4 is 5.73 Å². The second-order valence-electron chi connectivity index (χ2n) is 11.4. The number of rotatable bonds is 7. The molecule has 182 valence electrons. The molecular weight excluding hydrogens is 410 g/mol. The van der Waals surface area contributed by atoms with E-state index in [0.717, 1.165) is 24.2 Å². The fourth-order valence-corrected chi connectivity index (χ4v) is 7.52. The highest BCUT2D eigenvalue weighted by Gasteiger charge is 2.36. The van der Waals surface area contributed by atoms with E-state index in [1.807, 2.05) is 5.57 Å². The standard InChI is InChI=1S/C33H45N/c34-24-8-2-3-9-25-14-16-26(17-15-25)27-18-20-29(21-19-27)31-23-22-30(28-10-4-1-5-11-28)32-12-6-7-13-33(31)32/h6-8,10,12-14,16,24,27,29-30,32H,1-5,9,11,15,17-23,34H2/b24-8-. The second-order valence-corrected chi connectivity index (χ2v) is 11.4. The minimum Gasteiger partial charge on any atom is -0.405 e. The molecule has 0 spiro atoms. The first-order valence-corrected chi connectivity index (χ1v) is 14.4. The molecule has 1 nitrogen and oxygen atoms in total. The Balaban J connectivity index is 1.20. The third-order valence-electron chi connectivity index (χ3n) is 9.41. The predicted octanol–water partition coefficient (Wildman–Crippen LogP) is 9.03. The maximum absolute atomic E-state index is 5.46. The highest BCUT2D eigenvalue weighted by Crippen LogP contribution is 2.49. The van der Waals surface area contributed by atoms with Gasteiger partial charge in [-0.2, -0.15) is 0 Å². The lowest BCUT2D eigenvalue weighted by atomic mass is 9.64. The van der Waals surface area contributed by atoms with Gasteiger partial charge in [0, 0.05) is 5.92 Å². The number of nitrogens with two attached hydrogens (primary N) is 1.